The van der Waals surface area contributed by atoms with Gasteiger partial charge in [-0.2, -0.15) is 4.98 Å². The Hall–Kier alpha value is -2.56. The molecule has 0 radical (unpaired) electrons. The van der Waals surface area contributed by atoms with Crippen LogP contribution in [0.4, 0.5) is 16.8 Å². The number of halogens is 1. The molecule has 1 aromatic carbocycles. The third-order valence-electron chi connectivity index (χ3n) is 6.07. The van der Waals surface area contributed by atoms with Crippen LogP contribution < -0.4 is 10.2 Å². The fraction of sp³-hybridized carbons (Fsp3) is 0.476. The Balaban J connectivity index is 1.41. The van der Waals surface area contributed by atoms with Crippen LogP contribution in [0.1, 0.15) is 45.1 Å². The van der Waals surface area contributed by atoms with Gasteiger partial charge in [-0.1, -0.05) is 47.9 Å². The van der Waals surface area contributed by atoms with Crippen LogP contribution in [0, 0.1) is 10.1 Å². The SMILES string of the molecule is CC1(C)O[C@@H]2CCCC[C@H]2N1c1nc2c(CNc3ncc([N+](=O)[O-])c(Cl)n3)cccc2s1. The molecule has 0 spiro atoms. The Morgan fingerprint density at radius 3 is 2.94 bits per heavy atom. The molecule has 32 heavy (non-hydrogen) atoms. The molecule has 9 nitrogen and oxygen atoms in total. The van der Waals surface area contributed by atoms with Crippen LogP contribution in [-0.2, 0) is 11.3 Å². The summed E-state index contributed by atoms with van der Waals surface area (Å²) in [5, 5.41) is 14.8. The van der Waals surface area contributed by atoms with E-state index in [1.165, 1.54) is 12.8 Å². The second-order valence-electron chi connectivity index (χ2n) is 8.57. The minimum Gasteiger partial charge on any atom is -0.351 e. The summed E-state index contributed by atoms with van der Waals surface area (Å²) >= 11 is 7.57. The maximum Gasteiger partial charge on any atom is 0.324 e. The zero-order chi connectivity index (χ0) is 22.5. The molecule has 2 fully saturated rings. The largest absolute Gasteiger partial charge is 0.351 e. The molecule has 1 saturated heterocycles. The summed E-state index contributed by atoms with van der Waals surface area (Å²) in [5.74, 6) is 0.229. The number of nitro groups is 1. The fourth-order valence-electron chi connectivity index (χ4n) is 4.68. The van der Waals surface area contributed by atoms with Gasteiger partial charge in [0, 0.05) is 6.54 Å². The molecular weight excluding hydrogens is 452 g/mol. The Morgan fingerprint density at radius 1 is 1.34 bits per heavy atom. The first-order chi connectivity index (χ1) is 15.3. The van der Waals surface area contributed by atoms with Gasteiger partial charge in [-0.05, 0) is 38.3 Å². The monoisotopic (exact) mass is 474 g/mol. The van der Waals surface area contributed by atoms with Crippen LogP contribution in [0.5, 0.6) is 0 Å². The smallest absolute Gasteiger partial charge is 0.324 e. The predicted molar refractivity (Wildman–Crippen MR) is 124 cm³/mol. The molecule has 0 amide bonds. The lowest BCUT2D eigenvalue weighted by Crippen LogP contribution is -2.45. The van der Waals surface area contributed by atoms with Gasteiger partial charge in [-0.25, -0.2) is 9.97 Å². The van der Waals surface area contributed by atoms with Gasteiger partial charge >= 0.3 is 5.69 Å². The van der Waals surface area contributed by atoms with Gasteiger partial charge in [-0.15, -0.1) is 0 Å². The lowest BCUT2D eigenvalue weighted by molar-refractivity contribution is -0.385. The van der Waals surface area contributed by atoms with Crippen LogP contribution >= 0.6 is 22.9 Å². The summed E-state index contributed by atoms with van der Waals surface area (Å²) in [5.41, 5.74) is 1.19. The van der Waals surface area contributed by atoms with Gasteiger partial charge in [0.15, 0.2) is 5.13 Å². The molecule has 5 rings (SSSR count). The number of aromatic nitrogens is 3. The number of para-hydroxylation sites is 1. The summed E-state index contributed by atoms with van der Waals surface area (Å²) in [4.78, 5) is 25.7. The van der Waals surface area contributed by atoms with Crippen molar-refractivity contribution < 1.29 is 9.66 Å². The number of anilines is 2. The molecule has 3 heterocycles. The Morgan fingerprint density at radius 2 is 2.16 bits per heavy atom. The molecule has 1 aliphatic heterocycles. The number of benzene rings is 1. The third kappa shape index (κ3) is 3.76. The van der Waals surface area contributed by atoms with Crippen LogP contribution in [0.3, 0.4) is 0 Å². The lowest BCUT2D eigenvalue weighted by Gasteiger charge is -2.34. The Kier molecular flexibility index (Phi) is 5.39. The van der Waals surface area contributed by atoms with E-state index in [1.54, 1.807) is 11.3 Å². The molecular formula is C21H23ClN6O3S. The first-order valence-electron chi connectivity index (χ1n) is 10.6. The normalized spacial score (nSPS) is 22.2. The zero-order valence-corrected chi connectivity index (χ0v) is 19.3. The molecule has 1 aliphatic carbocycles. The number of hydrogen-bond acceptors (Lipinski definition) is 9. The van der Waals surface area contributed by atoms with Crippen molar-refractivity contribution in [3.8, 4) is 0 Å². The first kappa shape index (κ1) is 21.3. The van der Waals surface area contributed by atoms with Crippen LogP contribution in [0.15, 0.2) is 24.4 Å². The molecule has 1 saturated carbocycles. The molecule has 0 bridgehead atoms. The Bertz CT molecular complexity index is 1190. The maximum atomic E-state index is 10.9. The van der Waals surface area contributed by atoms with Gasteiger partial charge in [0.2, 0.25) is 11.1 Å². The lowest BCUT2D eigenvalue weighted by atomic mass is 9.92. The molecule has 0 unspecified atom stereocenters. The summed E-state index contributed by atoms with van der Waals surface area (Å²) in [6, 6.07) is 6.43. The van der Waals surface area contributed by atoms with Crippen molar-refractivity contribution in [1.82, 2.24) is 15.0 Å². The second-order valence-corrected chi connectivity index (χ2v) is 9.93. The van der Waals surface area contributed by atoms with Gasteiger partial charge in [0.1, 0.15) is 11.9 Å². The average molecular weight is 475 g/mol. The highest BCUT2D eigenvalue weighted by molar-refractivity contribution is 7.22. The fourth-order valence-corrected chi connectivity index (χ4v) is 6.09. The van der Waals surface area contributed by atoms with E-state index in [-0.39, 0.29) is 22.9 Å². The molecule has 11 heteroatoms. The predicted octanol–water partition coefficient (Wildman–Crippen LogP) is 5.14. The van der Waals surface area contributed by atoms with Crippen molar-refractivity contribution >= 4 is 49.9 Å². The van der Waals surface area contributed by atoms with Crippen LogP contribution in [0.25, 0.3) is 10.2 Å². The summed E-state index contributed by atoms with van der Waals surface area (Å²) in [7, 11) is 0. The van der Waals surface area contributed by atoms with E-state index in [0.717, 1.165) is 40.0 Å². The quantitative estimate of drug-likeness (QED) is 0.307. The average Bonchev–Trinajstić information content (AvgIpc) is 3.28. The second kappa shape index (κ2) is 8.09. The topological polar surface area (TPSA) is 106 Å². The van der Waals surface area contributed by atoms with E-state index in [1.807, 2.05) is 12.1 Å². The maximum absolute atomic E-state index is 10.9. The highest BCUT2D eigenvalue weighted by Crippen LogP contribution is 2.45. The van der Waals surface area contributed by atoms with E-state index in [9.17, 15) is 10.1 Å². The van der Waals surface area contributed by atoms with Crippen LogP contribution in [-0.4, -0.2) is 37.7 Å². The van der Waals surface area contributed by atoms with Crippen molar-refractivity contribution in [2.45, 2.75) is 63.9 Å². The molecule has 168 valence electrons. The highest BCUT2D eigenvalue weighted by atomic mass is 35.5. The Labute approximate surface area is 193 Å². The van der Waals surface area contributed by atoms with Crippen molar-refractivity contribution in [3.05, 3.63) is 45.2 Å². The van der Waals surface area contributed by atoms with E-state index < -0.39 is 10.6 Å². The summed E-state index contributed by atoms with van der Waals surface area (Å²) in [6.45, 7) is 4.66. The summed E-state index contributed by atoms with van der Waals surface area (Å²) in [6.07, 6.45) is 6.02. The highest BCUT2D eigenvalue weighted by Gasteiger charge is 2.49. The van der Waals surface area contributed by atoms with Crippen LogP contribution in [0.2, 0.25) is 5.15 Å². The van der Waals surface area contributed by atoms with Crippen molar-refractivity contribution in [1.29, 1.82) is 0 Å². The summed E-state index contributed by atoms with van der Waals surface area (Å²) < 4.78 is 7.49. The molecule has 2 aromatic heterocycles. The van der Waals surface area contributed by atoms with E-state index in [2.05, 4.69) is 40.1 Å². The molecule has 1 N–H and O–H groups in total. The van der Waals surface area contributed by atoms with Gasteiger partial charge in [0.05, 0.1) is 27.3 Å². The van der Waals surface area contributed by atoms with E-state index >= 15 is 0 Å². The molecule has 2 aliphatic rings. The first-order valence-corrected chi connectivity index (χ1v) is 11.8. The molecule has 3 aromatic rings. The number of hydrogen-bond donors (Lipinski definition) is 1. The molecule has 2 atom stereocenters. The number of ether oxygens (including phenoxy) is 1. The number of nitrogens with zero attached hydrogens (tertiary/aromatic N) is 5. The van der Waals surface area contributed by atoms with Crippen molar-refractivity contribution in [2.24, 2.45) is 0 Å². The number of thiazole rings is 1. The number of rotatable bonds is 5. The number of fused-ring (bicyclic) bond motifs is 2. The van der Waals surface area contributed by atoms with Gasteiger partial charge in [0.25, 0.3) is 0 Å². The van der Waals surface area contributed by atoms with Crippen molar-refractivity contribution in [3.63, 3.8) is 0 Å². The van der Waals surface area contributed by atoms with E-state index in [4.69, 9.17) is 21.3 Å². The van der Waals surface area contributed by atoms with Crippen molar-refractivity contribution in [2.75, 3.05) is 10.2 Å². The van der Waals surface area contributed by atoms with Gasteiger partial charge < -0.3 is 15.0 Å². The number of nitrogens with one attached hydrogen (secondary N) is 1. The third-order valence-corrected chi connectivity index (χ3v) is 7.37. The standard InChI is InChI=1S/C21H23ClN6O3S/c1-21(2)27(13-7-3-4-8-15(13)31-21)20-25-17-12(6-5-9-16(17)32-20)10-23-19-24-11-14(28(29)30)18(22)26-19/h5-6,9,11,13,15H,3-4,7-8,10H2,1-2H3,(H,23,24,26)/t13-,15-/m1/s1. The van der Waals surface area contributed by atoms with Gasteiger partial charge in [-0.3, -0.25) is 10.1 Å². The zero-order valence-electron chi connectivity index (χ0n) is 17.7. The van der Waals surface area contributed by atoms with E-state index in [0.29, 0.717) is 12.6 Å². The minimum atomic E-state index is -0.607. The minimum absolute atomic E-state index is 0.194.